The summed E-state index contributed by atoms with van der Waals surface area (Å²) in [6.45, 7) is 6.78. The number of nitrogens with one attached hydrogen (secondary N) is 1. The molecule has 0 bridgehead atoms. The summed E-state index contributed by atoms with van der Waals surface area (Å²) in [4.78, 5) is 16.3. The van der Waals surface area contributed by atoms with E-state index in [1.54, 1.807) is 17.1 Å². The van der Waals surface area contributed by atoms with Gasteiger partial charge in [-0.3, -0.25) is 9.48 Å². The van der Waals surface area contributed by atoms with Crippen molar-refractivity contribution in [3.05, 3.63) is 30.7 Å². The number of hydrogen-bond acceptors (Lipinski definition) is 5. The molecule has 0 aliphatic carbocycles. The summed E-state index contributed by atoms with van der Waals surface area (Å²) < 4.78 is 6.96. The molecule has 0 aromatic carbocycles. The van der Waals surface area contributed by atoms with Gasteiger partial charge in [-0.25, -0.2) is 4.98 Å². The Labute approximate surface area is 136 Å². The highest BCUT2D eigenvalue weighted by atomic mass is 16.5. The highest BCUT2D eigenvalue weighted by Crippen LogP contribution is 2.22. The fraction of sp³-hybridized carbons (Fsp3) is 0.471. The molecule has 2 aromatic rings. The molecule has 2 rings (SSSR count). The lowest BCUT2D eigenvalue weighted by Gasteiger charge is -2.18. The molecule has 124 valence electrons. The van der Waals surface area contributed by atoms with E-state index >= 15 is 0 Å². The molecular formula is C17H24N4O2. The molecule has 0 radical (unpaired) electrons. The van der Waals surface area contributed by atoms with Crippen molar-refractivity contribution >= 4 is 11.8 Å². The van der Waals surface area contributed by atoms with E-state index in [-0.39, 0.29) is 17.8 Å². The fourth-order valence-corrected chi connectivity index (χ4v) is 2.37. The average Bonchev–Trinajstić information content (AvgIpc) is 3.01. The maximum atomic E-state index is 12.1. The second-order valence-electron chi connectivity index (χ2n) is 5.73. The van der Waals surface area contributed by atoms with Gasteiger partial charge in [-0.1, -0.05) is 13.8 Å². The molecule has 1 N–H and O–H groups in total. The number of rotatable bonds is 7. The zero-order valence-corrected chi connectivity index (χ0v) is 14.1. The number of esters is 1. The van der Waals surface area contributed by atoms with Crippen LogP contribution in [0.3, 0.4) is 0 Å². The van der Waals surface area contributed by atoms with E-state index in [9.17, 15) is 4.79 Å². The van der Waals surface area contributed by atoms with Crippen molar-refractivity contribution in [1.29, 1.82) is 0 Å². The minimum atomic E-state index is -0.201. The van der Waals surface area contributed by atoms with Crippen LogP contribution in [0.25, 0.3) is 11.1 Å². The van der Waals surface area contributed by atoms with Crippen molar-refractivity contribution in [1.82, 2.24) is 14.8 Å². The van der Waals surface area contributed by atoms with Gasteiger partial charge in [0, 0.05) is 25.0 Å². The molecule has 0 fully saturated rings. The Morgan fingerprint density at radius 1 is 1.39 bits per heavy atom. The van der Waals surface area contributed by atoms with Crippen LogP contribution in [-0.2, 0) is 16.1 Å². The van der Waals surface area contributed by atoms with Crippen LogP contribution in [0.5, 0.6) is 0 Å². The Hall–Kier alpha value is -2.37. The third kappa shape index (κ3) is 4.31. The molecule has 2 heterocycles. The molecular weight excluding hydrogens is 292 g/mol. The number of anilines is 1. The molecule has 0 aliphatic heterocycles. The Balaban J connectivity index is 2.16. The first-order valence-corrected chi connectivity index (χ1v) is 7.88. The maximum Gasteiger partial charge on any atom is 0.311 e. The predicted octanol–water partition coefficient (Wildman–Crippen LogP) is 2.82. The van der Waals surface area contributed by atoms with E-state index in [4.69, 9.17) is 4.74 Å². The molecule has 23 heavy (non-hydrogen) atoms. The van der Waals surface area contributed by atoms with Gasteiger partial charge >= 0.3 is 5.97 Å². The van der Waals surface area contributed by atoms with Gasteiger partial charge in [0.25, 0.3) is 0 Å². The Morgan fingerprint density at radius 3 is 2.83 bits per heavy atom. The van der Waals surface area contributed by atoms with Gasteiger partial charge in [0.1, 0.15) is 5.82 Å². The monoisotopic (exact) mass is 316 g/mol. The van der Waals surface area contributed by atoms with E-state index in [0.717, 1.165) is 16.9 Å². The van der Waals surface area contributed by atoms with E-state index in [2.05, 4.69) is 15.4 Å². The molecule has 0 saturated carbocycles. The fourth-order valence-electron chi connectivity index (χ4n) is 2.37. The number of carbonyl (C=O) groups excluding carboxylic acids is 1. The second-order valence-corrected chi connectivity index (χ2v) is 5.73. The molecule has 1 unspecified atom stereocenters. The van der Waals surface area contributed by atoms with Gasteiger partial charge in [0.2, 0.25) is 0 Å². The van der Waals surface area contributed by atoms with Crippen molar-refractivity contribution < 1.29 is 9.53 Å². The lowest BCUT2D eigenvalue weighted by Crippen LogP contribution is -2.27. The third-order valence-corrected chi connectivity index (χ3v) is 3.76. The summed E-state index contributed by atoms with van der Waals surface area (Å²) in [6, 6.07) is 3.90. The molecule has 0 aliphatic rings. The number of nitrogens with zero attached hydrogens (tertiary/aromatic N) is 3. The van der Waals surface area contributed by atoms with E-state index in [0.29, 0.717) is 13.2 Å². The first kappa shape index (κ1) is 17.0. The van der Waals surface area contributed by atoms with Crippen molar-refractivity contribution in [2.45, 2.75) is 27.3 Å². The van der Waals surface area contributed by atoms with Gasteiger partial charge < -0.3 is 10.1 Å². The standard InChI is InChI=1S/C17H24N4O2/c1-5-23-17(22)15(12(2)3)11-21-10-14(9-20-21)13-6-7-19-16(8-13)18-4/h6-10,12,15H,5,11H2,1-4H3,(H,18,19). The number of hydrogen-bond donors (Lipinski definition) is 1. The smallest absolute Gasteiger partial charge is 0.311 e. The van der Waals surface area contributed by atoms with Crippen LogP contribution < -0.4 is 5.32 Å². The quantitative estimate of drug-likeness (QED) is 0.796. The zero-order valence-electron chi connectivity index (χ0n) is 14.1. The second kappa shape index (κ2) is 7.76. The van der Waals surface area contributed by atoms with Crippen LogP contribution in [0.1, 0.15) is 20.8 Å². The Morgan fingerprint density at radius 2 is 2.17 bits per heavy atom. The molecule has 1 atom stereocenters. The highest BCUT2D eigenvalue weighted by molar-refractivity contribution is 5.72. The summed E-state index contributed by atoms with van der Waals surface area (Å²) in [6.07, 6.45) is 5.51. The molecule has 2 aromatic heterocycles. The first-order valence-electron chi connectivity index (χ1n) is 7.88. The van der Waals surface area contributed by atoms with Crippen molar-refractivity contribution in [3.8, 4) is 11.1 Å². The largest absolute Gasteiger partial charge is 0.466 e. The van der Waals surface area contributed by atoms with Gasteiger partial charge in [-0.15, -0.1) is 0 Å². The van der Waals surface area contributed by atoms with Crippen LogP contribution in [0.15, 0.2) is 30.7 Å². The van der Waals surface area contributed by atoms with E-state index in [1.165, 1.54) is 0 Å². The van der Waals surface area contributed by atoms with Crippen LogP contribution in [-0.4, -0.2) is 34.4 Å². The number of pyridine rings is 1. The normalized spacial score (nSPS) is 12.2. The van der Waals surface area contributed by atoms with Crippen LogP contribution in [0, 0.1) is 11.8 Å². The van der Waals surface area contributed by atoms with Crippen molar-refractivity contribution in [3.63, 3.8) is 0 Å². The van der Waals surface area contributed by atoms with Crippen molar-refractivity contribution in [2.24, 2.45) is 11.8 Å². The molecule has 6 nitrogen and oxygen atoms in total. The third-order valence-electron chi connectivity index (χ3n) is 3.76. The number of carbonyl (C=O) groups is 1. The molecule has 0 amide bonds. The maximum absolute atomic E-state index is 12.1. The number of ether oxygens (including phenoxy) is 1. The summed E-state index contributed by atoms with van der Waals surface area (Å²) in [7, 11) is 1.84. The predicted molar refractivity (Wildman–Crippen MR) is 90.0 cm³/mol. The van der Waals surface area contributed by atoms with Crippen LogP contribution >= 0.6 is 0 Å². The van der Waals surface area contributed by atoms with Gasteiger partial charge in [-0.2, -0.15) is 5.10 Å². The Kier molecular flexibility index (Phi) is 5.73. The minimum absolute atomic E-state index is 0.166. The summed E-state index contributed by atoms with van der Waals surface area (Å²) in [5, 5.41) is 7.40. The summed E-state index contributed by atoms with van der Waals surface area (Å²) >= 11 is 0. The average molecular weight is 316 g/mol. The van der Waals surface area contributed by atoms with E-state index < -0.39 is 0 Å². The topological polar surface area (TPSA) is 69.0 Å². The first-order chi connectivity index (χ1) is 11.0. The molecule has 0 saturated heterocycles. The zero-order chi connectivity index (χ0) is 16.8. The van der Waals surface area contributed by atoms with Crippen LogP contribution in [0.2, 0.25) is 0 Å². The number of aromatic nitrogens is 3. The highest BCUT2D eigenvalue weighted by Gasteiger charge is 2.24. The molecule has 0 spiro atoms. The summed E-state index contributed by atoms with van der Waals surface area (Å²) in [5.74, 6) is 0.634. The molecule has 6 heteroatoms. The van der Waals surface area contributed by atoms with Crippen molar-refractivity contribution in [2.75, 3.05) is 19.0 Å². The lowest BCUT2D eigenvalue weighted by atomic mass is 9.96. The van der Waals surface area contributed by atoms with Gasteiger partial charge in [0.05, 0.1) is 25.3 Å². The summed E-state index contributed by atoms with van der Waals surface area (Å²) in [5.41, 5.74) is 2.03. The van der Waals surface area contributed by atoms with Gasteiger partial charge in [0.15, 0.2) is 0 Å². The Bertz CT molecular complexity index is 652. The minimum Gasteiger partial charge on any atom is -0.466 e. The SMILES string of the molecule is CCOC(=O)C(Cn1cc(-c2ccnc(NC)c2)cn1)C(C)C. The van der Waals surface area contributed by atoms with E-state index in [1.807, 2.05) is 46.1 Å². The van der Waals surface area contributed by atoms with Gasteiger partial charge in [-0.05, 0) is 30.5 Å². The van der Waals surface area contributed by atoms with Crippen LogP contribution in [0.4, 0.5) is 5.82 Å². The lowest BCUT2D eigenvalue weighted by molar-refractivity contribution is -0.150.